The van der Waals surface area contributed by atoms with E-state index < -0.39 is 0 Å². The molecule has 0 N–H and O–H groups in total. The van der Waals surface area contributed by atoms with E-state index in [1.165, 1.54) is 0 Å². The lowest BCUT2D eigenvalue weighted by Gasteiger charge is -2.03. The fourth-order valence-electron chi connectivity index (χ4n) is 1.34. The molecule has 1 heterocycles. The number of benzene rings is 1. The molecule has 1 aromatic carbocycles. The number of alkyl halides is 1. The number of ether oxygens (including phenoxy) is 1. The van der Waals surface area contributed by atoms with Gasteiger partial charge >= 0.3 is 0 Å². The Balaban J connectivity index is 2.37. The summed E-state index contributed by atoms with van der Waals surface area (Å²) in [6, 6.07) is 7.69. The Labute approximate surface area is 110 Å². The van der Waals surface area contributed by atoms with Crippen LogP contribution in [0.25, 0.3) is 11.3 Å². The molecular weight excluding hydrogens is 338 g/mol. The predicted molar refractivity (Wildman–Crippen MR) is 68.8 cm³/mol. The van der Waals surface area contributed by atoms with Crippen LogP contribution in [0.4, 0.5) is 0 Å². The van der Waals surface area contributed by atoms with Crippen molar-refractivity contribution in [2.24, 2.45) is 0 Å². The number of hydrogen-bond acceptors (Lipinski definition) is 3. The summed E-state index contributed by atoms with van der Waals surface area (Å²) >= 11 is 6.75. The van der Waals surface area contributed by atoms with Crippen molar-refractivity contribution in [2.75, 3.05) is 7.11 Å². The van der Waals surface area contributed by atoms with E-state index in [9.17, 15) is 0 Å². The number of methoxy groups -OCH3 is 1. The number of nitrogens with zero attached hydrogens (tertiary/aromatic N) is 1. The van der Waals surface area contributed by atoms with Crippen LogP contribution in [-0.4, -0.2) is 12.3 Å². The van der Waals surface area contributed by atoms with Crippen LogP contribution in [0.2, 0.25) is 0 Å². The van der Waals surface area contributed by atoms with Gasteiger partial charge in [-0.3, -0.25) is 0 Å². The van der Waals surface area contributed by atoms with Gasteiger partial charge in [0.15, 0.2) is 0 Å². The zero-order valence-electron chi connectivity index (χ0n) is 8.54. The first-order valence-corrected chi connectivity index (χ1v) is 6.51. The average molecular weight is 347 g/mol. The molecule has 0 spiro atoms. The zero-order chi connectivity index (χ0) is 11.5. The van der Waals surface area contributed by atoms with E-state index in [1.54, 1.807) is 7.11 Å². The maximum Gasteiger partial charge on any atom is 0.147 e. The smallest absolute Gasteiger partial charge is 0.147 e. The normalized spacial score (nSPS) is 10.4. The van der Waals surface area contributed by atoms with Gasteiger partial charge in [0.25, 0.3) is 0 Å². The van der Waals surface area contributed by atoms with Gasteiger partial charge in [-0.15, -0.1) is 0 Å². The van der Waals surface area contributed by atoms with Crippen molar-refractivity contribution in [3.05, 3.63) is 34.5 Å². The molecule has 2 aromatic rings. The van der Waals surface area contributed by atoms with Gasteiger partial charge in [-0.2, -0.15) is 0 Å². The molecule has 0 aliphatic carbocycles. The molecule has 84 valence electrons. The van der Waals surface area contributed by atoms with Crippen molar-refractivity contribution in [3.8, 4) is 17.0 Å². The summed E-state index contributed by atoms with van der Waals surface area (Å²) in [7, 11) is 1.64. The lowest BCUT2D eigenvalue weighted by atomic mass is 10.1. The monoisotopic (exact) mass is 345 g/mol. The molecule has 1 aromatic heterocycles. The van der Waals surface area contributed by atoms with Crippen molar-refractivity contribution in [1.82, 2.24) is 5.16 Å². The maximum atomic E-state index is 5.16. The fourth-order valence-corrected chi connectivity index (χ4v) is 2.14. The lowest BCUT2D eigenvalue weighted by molar-refractivity contribution is 0.398. The Kier molecular flexibility index (Phi) is 3.66. The second-order valence-corrected chi connectivity index (χ2v) is 4.58. The second-order valence-electron chi connectivity index (χ2n) is 3.16. The van der Waals surface area contributed by atoms with Gasteiger partial charge in [0.05, 0.1) is 16.9 Å². The summed E-state index contributed by atoms with van der Waals surface area (Å²) in [6.45, 7) is 0. The van der Waals surface area contributed by atoms with Crippen LogP contribution in [0.1, 0.15) is 5.76 Å². The van der Waals surface area contributed by atoms with Gasteiger partial charge < -0.3 is 9.26 Å². The molecule has 0 fully saturated rings. The molecule has 5 heteroatoms. The van der Waals surface area contributed by atoms with Gasteiger partial charge in [0, 0.05) is 11.6 Å². The SMILES string of the molecule is COc1ccc(-c2cc(CBr)on2)cc1Br. The molecule has 0 radical (unpaired) electrons. The zero-order valence-corrected chi connectivity index (χ0v) is 11.7. The van der Waals surface area contributed by atoms with E-state index in [0.717, 1.165) is 27.2 Å². The van der Waals surface area contributed by atoms with Gasteiger partial charge in [0.2, 0.25) is 0 Å². The molecule has 0 amide bonds. The lowest BCUT2D eigenvalue weighted by Crippen LogP contribution is -1.85. The molecule has 0 bridgehead atoms. The number of hydrogen-bond donors (Lipinski definition) is 0. The highest BCUT2D eigenvalue weighted by molar-refractivity contribution is 9.10. The Morgan fingerprint density at radius 1 is 1.38 bits per heavy atom. The predicted octanol–water partition coefficient (Wildman–Crippen LogP) is 4.01. The van der Waals surface area contributed by atoms with Crippen LogP contribution in [0, 0.1) is 0 Å². The number of rotatable bonds is 3. The van der Waals surface area contributed by atoms with E-state index in [4.69, 9.17) is 9.26 Å². The van der Waals surface area contributed by atoms with E-state index in [1.807, 2.05) is 24.3 Å². The van der Waals surface area contributed by atoms with Crippen molar-refractivity contribution in [3.63, 3.8) is 0 Å². The Morgan fingerprint density at radius 2 is 2.19 bits per heavy atom. The molecule has 16 heavy (non-hydrogen) atoms. The molecule has 0 atom stereocenters. The standard InChI is InChI=1S/C11H9Br2NO2/c1-15-11-3-2-7(4-9(11)13)10-5-8(6-12)16-14-10/h2-5H,6H2,1H3. The summed E-state index contributed by atoms with van der Waals surface area (Å²) in [5.74, 6) is 1.61. The third-order valence-electron chi connectivity index (χ3n) is 2.14. The summed E-state index contributed by atoms with van der Waals surface area (Å²) in [4.78, 5) is 0. The molecule has 0 unspecified atom stereocenters. The third-order valence-corrected chi connectivity index (χ3v) is 3.31. The minimum absolute atomic E-state index is 0.664. The quantitative estimate of drug-likeness (QED) is 0.788. The summed E-state index contributed by atoms with van der Waals surface area (Å²) in [5.41, 5.74) is 1.81. The second kappa shape index (κ2) is 5.01. The Hall–Kier alpha value is -0.810. The topological polar surface area (TPSA) is 35.3 Å². The Morgan fingerprint density at radius 3 is 2.75 bits per heavy atom. The maximum absolute atomic E-state index is 5.16. The first kappa shape index (κ1) is 11.7. The van der Waals surface area contributed by atoms with Crippen molar-refractivity contribution in [1.29, 1.82) is 0 Å². The van der Waals surface area contributed by atoms with Crippen molar-refractivity contribution >= 4 is 31.9 Å². The van der Waals surface area contributed by atoms with Crippen LogP contribution in [0.5, 0.6) is 5.75 Å². The van der Waals surface area contributed by atoms with Crippen molar-refractivity contribution < 1.29 is 9.26 Å². The van der Waals surface area contributed by atoms with Gasteiger partial charge in [-0.25, -0.2) is 0 Å². The van der Waals surface area contributed by atoms with Crippen LogP contribution < -0.4 is 4.74 Å². The van der Waals surface area contributed by atoms with Crippen LogP contribution in [-0.2, 0) is 5.33 Å². The fraction of sp³-hybridized carbons (Fsp3) is 0.182. The highest BCUT2D eigenvalue weighted by atomic mass is 79.9. The van der Waals surface area contributed by atoms with Gasteiger partial charge in [0.1, 0.15) is 17.2 Å². The van der Waals surface area contributed by atoms with Crippen LogP contribution >= 0.6 is 31.9 Å². The first-order chi connectivity index (χ1) is 7.74. The molecular formula is C11H9Br2NO2. The average Bonchev–Trinajstić information content (AvgIpc) is 2.77. The number of halogens is 2. The van der Waals surface area contributed by atoms with Gasteiger partial charge in [-0.1, -0.05) is 21.1 Å². The summed E-state index contributed by atoms with van der Waals surface area (Å²) in [5, 5.41) is 4.65. The van der Waals surface area contributed by atoms with E-state index in [0.29, 0.717) is 5.33 Å². The summed E-state index contributed by atoms with van der Waals surface area (Å²) in [6.07, 6.45) is 0. The molecule has 3 nitrogen and oxygen atoms in total. The van der Waals surface area contributed by atoms with E-state index >= 15 is 0 Å². The highest BCUT2D eigenvalue weighted by Gasteiger charge is 2.08. The largest absolute Gasteiger partial charge is 0.496 e. The summed E-state index contributed by atoms with van der Waals surface area (Å²) < 4.78 is 11.2. The number of aromatic nitrogens is 1. The highest BCUT2D eigenvalue weighted by Crippen LogP contribution is 2.30. The molecule has 0 saturated carbocycles. The minimum atomic E-state index is 0.664. The first-order valence-electron chi connectivity index (χ1n) is 4.60. The molecule has 2 rings (SSSR count). The third kappa shape index (κ3) is 2.30. The minimum Gasteiger partial charge on any atom is -0.496 e. The van der Waals surface area contributed by atoms with E-state index in [-0.39, 0.29) is 0 Å². The molecule has 0 aliphatic rings. The van der Waals surface area contributed by atoms with Crippen LogP contribution in [0.3, 0.4) is 0 Å². The molecule has 0 saturated heterocycles. The van der Waals surface area contributed by atoms with Crippen LogP contribution in [0.15, 0.2) is 33.3 Å². The van der Waals surface area contributed by atoms with E-state index in [2.05, 4.69) is 37.0 Å². The Bertz CT molecular complexity index is 496. The van der Waals surface area contributed by atoms with Gasteiger partial charge in [-0.05, 0) is 34.1 Å². The molecule has 0 aliphatic heterocycles. The van der Waals surface area contributed by atoms with Crippen molar-refractivity contribution in [2.45, 2.75) is 5.33 Å².